The van der Waals surface area contributed by atoms with Crippen molar-refractivity contribution in [3.8, 4) is 0 Å². The van der Waals surface area contributed by atoms with Crippen LogP contribution < -0.4 is 10.2 Å². The molecule has 0 saturated heterocycles. The normalized spacial score (nSPS) is 12.7. The first-order valence-corrected chi connectivity index (χ1v) is 14.3. The summed E-state index contributed by atoms with van der Waals surface area (Å²) in [6, 6.07) is 0. The summed E-state index contributed by atoms with van der Waals surface area (Å²) in [6.07, 6.45) is 27.3. The Morgan fingerprint density at radius 3 is 1.13 bits per heavy atom. The smallest absolute Gasteiger partial charge is 0.875 e. The molecule has 0 atom stereocenters. The van der Waals surface area contributed by atoms with Crippen LogP contribution in [0.3, 0.4) is 0 Å². The van der Waals surface area contributed by atoms with E-state index >= 15 is 0 Å². The Labute approximate surface area is 246 Å². The summed E-state index contributed by atoms with van der Waals surface area (Å²) in [5.41, 5.74) is 1.64. The summed E-state index contributed by atoms with van der Waals surface area (Å²) < 4.78 is 9.72. The van der Waals surface area contributed by atoms with E-state index in [4.69, 9.17) is 9.47 Å². The molecule has 2 aliphatic rings. The number of rotatable bonds is 18. The maximum Gasteiger partial charge on any atom is 2.00 e. The van der Waals surface area contributed by atoms with Gasteiger partial charge in [-0.1, -0.05) is 100.0 Å². The summed E-state index contributed by atoms with van der Waals surface area (Å²) in [7, 11) is 0. The second kappa shape index (κ2) is 24.5. The maximum atomic E-state index is 11.7. The fourth-order valence-corrected chi connectivity index (χ4v) is 4.05. The molecule has 2 rings (SSSR count). The van der Waals surface area contributed by atoms with Gasteiger partial charge in [-0.05, 0) is 50.7 Å². The van der Waals surface area contributed by atoms with Gasteiger partial charge in [0, 0.05) is 12.8 Å². The molecule has 0 amide bonds. The van der Waals surface area contributed by atoms with E-state index in [9.17, 15) is 19.8 Å². The average molecular weight is 583 g/mol. The van der Waals surface area contributed by atoms with Crippen LogP contribution in [0.1, 0.15) is 104 Å². The van der Waals surface area contributed by atoms with Crippen LogP contribution >= 0.6 is 0 Å². The topological polar surface area (TPSA) is 98.7 Å². The van der Waals surface area contributed by atoms with Crippen molar-refractivity contribution in [2.45, 2.75) is 104 Å². The van der Waals surface area contributed by atoms with Crippen LogP contribution in [0, 0.1) is 0 Å². The van der Waals surface area contributed by atoms with Gasteiger partial charge in [0.15, 0.2) is 0 Å². The first-order chi connectivity index (χ1) is 18.5. The molecule has 0 aromatic rings. The zero-order chi connectivity index (χ0) is 27.8. The molecule has 7 heteroatoms. The molecule has 0 radical (unpaired) electrons. The van der Waals surface area contributed by atoms with Crippen molar-refractivity contribution >= 4 is 11.9 Å². The second-order valence-corrected chi connectivity index (χ2v) is 9.34. The second-order valence-electron chi connectivity index (χ2n) is 9.34. The molecule has 0 bridgehead atoms. The Kier molecular flexibility index (Phi) is 23.0. The van der Waals surface area contributed by atoms with Gasteiger partial charge >= 0.3 is 29.0 Å². The largest absolute Gasteiger partial charge is 2.00 e. The number of allylic oxidation sites excluding steroid dienone is 12. The minimum Gasteiger partial charge on any atom is -0.875 e. The summed E-state index contributed by atoms with van der Waals surface area (Å²) >= 11 is 0. The molecule has 0 aromatic heterocycles. The maximum absolute atomic E-state index is 11.7. The van der Waals surface area contributed by atoms with Gasteiger partial charge in [-0.3, -0.25) is 9.59 Å². The first-order valence-electron chi connectivity index (χ1n) is 14.3. The SMILES string of the molecule is CCOC(=O)CCCCCCCC([O-])=C1C=CC=C1.CCOC(=O)CCCCCCCC([O-])=C1C=CC=C1.[Fe+2]. The fourth-order valence-electron chi connectivity index (χ4n) is 4.05. The molecule has 0 fully saturated rings. The van der Waals surface area contributed by atoms with Gasteiger partial charge in [-0.25, -0.2) is 0 Å². The van der Waals surface area contributed by atoms with Crippen molar-refractivity contribution < 1.29 is 46.3 Å². The quantitative estimate of drug-likeness (QED) is 0.0846. The number of unbranched alkanes of at least 4 members (excludes halogenated alkanes) is 8. The summed E-state index contributed by atoms with van der Waals surface area (Å²) in [4.78, 5) is 22.2. The van der Waals surface area contributed by atoms with Gasteiger partial charge in [0.25, 0.3) is 0 Å². The van der Waals surface area contributed by atoms with Crippen molar-refractivity contribution in [3.05, 3.63) is 71.3 Å². The van der Waals surface area contributed by atoms with Gasteiger partial charge in [0.1, 0.15) is 0 Å². The van der Waals surface area contributed by atoms with Crippen LogP contribution in [0.5, 0.6) is 0 Å². The van der Waals surface area contributed by atoms with Crippen molar-refractivity contribution in [2.24, 2.45) is 0 Å². The third-order valence-electron chi connectivity index (χ3n) is 6.15. The predicted octanol–water partition coefficient (Wildman–Crippen LogP) is 6.04. The van der Waals surface area contributed by atoms with Gasteiger partial charge < -0.3 is 19.7 Å². The summed E-state index contributed by atoms with van der Waals surface area (Å²) in [6.45, 7) is 4.56. The Morgan fingerprint density at radius 2 is 0.821 bits per heavy atom. The predicted molar refractivity (Wildman–Crippen MR) is 149 cm³/mol. The third kappa shape index (κ3) is 19.2. The molecular formula is C32H46FeO6. The van der Waals surface area contributed by atoms with E-state index in [0.29, 0.717) is 38.9 Å². The summed E-state index contributed by atoms with van der Waals surface area (Å²) in [5, 5.41) is 23.4. The monoisotopic (exact) mass is 582 g/mol. The van der Waals surface area contributed by atoms with Gasteiger partial charge in [-0.2, -0.15) is 0 Å². The molecule has 0 saturated carbocycles. The molecule has 39 heavy (non-hydrogen) atoms. The Bertz CT molecular complexity index is 779. The van der Waals surface area contributed by atoms with Crippen molar-refractivity contribution in [1.29, 1.82) is 0 Å². The van der Waals surface area contributed by atoms with Crippen LogP contribution in [0.2, 0.25) is 0 Å². The Morgan fingerprint density at radius 1 is 0.538 bits per heavy atom. The molecule has 6 nitrogen and oxygen atoms in total. The van der Waals surface area contributed by atoms with Crippen LogP contribution in [-0.2, 0) is 36.1 Å². The van der Waals surface area contributed by atoms with Gasteiger partial charge in [0.05, 0.1) is 13.2 Å². The molecule has 0 N–H and O–H groups in total. The van der Waals surface area contributed by atoms with E-state index in [1.54, 1.807) is 0 Å². The van der Waals surface area contributed by atoms with Crippen molar-refractivity contribution in [3.63, 3.8) is 0 Å². The molecule has 0 aromatic carbocycles. The summed E-state index contributed by atoms with van der Waals surface area (Å²) in [5.74, 6) is 0.260. The third-order valence-corrected chi connectivity index (χ3v) is 6.15. The van der Waals surface area contributed by atoms with Crippen molar-refractivity contribution in [1.82, 2.24) is 0 Å². The number of ether oxygens (including phenoxy) is 2. The standard InChI is InChI=1S/2C16H24O3.Fe/c2*1-2-19-16(18)13-7-5-3-4-6-12-15(17)14-10-8-9-11-14;/h2*8-11,17H,2-7,12-13H2,1H3;/q;;+2/p-2. The number of hydrogen-bond donors (Lipinski definition) is 0. The molecule has 0 spiro atoms. The van der Waals surface area contributed by atoms with E-state index in [0.717, 1.165) is 75.4 Å². The minimum atomic E-state index is -0.103. The van der Waals surface area contributed by atoms with Crippen LogP contribution in [0.25, 0.3) is 0 Å². The fraction of sp³-hybridized carbons (Fsp3) is 0.562. The Hall–Kier alpha value is -2.50. The number of esters is 2. The minimum absolute atomic E-state index is 0. The molecule has 0 unspecified atom stereocenters. The zero-order valence-corrected chi connectivity index (χ0v) is 24.8. The van der Waals surface area contributed by atoms with Crippen LogP contribution in [0.15, 0.2) is 71.3 Å². The van der Waals surface area contributed by atoms with E-state index in [1.807, 2.05) is 62.5 Å². The zero-order valence-electron chi connectivity index (χ0n) is 23.7. The van der Waals surface area contributed by atoms with E-state index in [2.05, 4.69) is 0 Å². The number of carbonyl (C=O) groups is 2. The average Bonchev–Trinajstić information content (AvgIpc) is 3.63. The van der Waals surface area contributed by atoms with E-state index < -0.39 is 0 Å². The van der Waals surface area contributed by atoms with E-state index in [1.165, 1.54) is 0 Å². The van der Waals surface area contributed by atoms with Crippen molar-refractivity contribution in [2.75, 3.05) is 13.2 Å². The number of hydrogen-bond acceptors (Lipinski definition) is 6. The molecular weight excluding hydrogens is 536 g/mol. The van der Waals surface area contributed by atoms with Gasteiger partial charge in [0.2, 0.25) is 0 Å². The Balaban J connectivity index is 0.000000722. The molecule has 0 aliphatic heterocycles. The molecule has 0 heterocycles. The first kappa shape index (κ1) is 36.5. The molecule has 218 valence electrons. The van der Waals surface area contributed by atoms with Gasteiger partial charge in [-0.15, -0.1) is 11.5 Å². The van der Waals surface area contributed by atoms with Crippen LogP contribution in [0.4, 0.5) is 0 Å². The molecule has 2 aliphatic carbocycles. The number of carbonyl (C=O) groups excluding carboxylic acids is 2. The van der Waals surface area contributed by atoms with E-state index in [-0.39, 0.29) is 40.5 Å². The van der Waals surface area contributed by atoms with Crippen LogP contribution in [-0.4, -0.2) is 25.2 Å².